The van der Waals surface area contributed by atoms with E-state index in [4.69, 9.17) is 34.8 Å². The predicted molar refractivity (Wildman–Crippen MR) is 137 cm³/mol. The molecule has 2 aliphatic heterocycles. The largest absolute Gasteiger partial charge is 0.508 e. The third kappa shape index (κ3) is 3.20. The molecule has 0 radical (unpaired) electrons. The molecule has 3 aliphatic carbocycles. The number of nitrogens with zero attached hydrogens (tertiary/aromatic N) is 2. The summed E-state index contributed by atoms with van der Waals surface area (Å²) >= 11 is 20.5. The fraction of sp³-hybridized carbons (Fsp3) is 0.556. The Hall–Kier alpha value is -2.09. The van der Waals surface area contributed by atoms with E-state index in [1.54, 1.807) is 0 Å². The van der Waals surface area contributed by atoms with Gasteiger partial charge in [-0.3, -0.25) is 29.0 Å². The van der Waals surface area contributed by atoms with Crippen LogP contribution in [0.25, 0.3) is 0 Å². The maximum Gasteiger partial charge on any atom is 0.253 e. The Balaban J connectivity index is 1.51. The van der Waals surface area contributed by atoms with Gasteiger partial charge in [-0.25, -0.2) is 0 Å². The van der Waals surface area contributed by atoms with Crippen LogP contribution in [-0.4, -0.2) is 61.4 Å². The fourth-order valence-electron chi connectivity index (χ4n) is 7.57. The van der Waals surface area contributed by atoms with Crippen molar-refractivity contribution in [2.75, 3.05) is 7.05 Å². The number of rotatable bonds is 2. The van der Waals surface area contributed by atoms with Crippen molar-refractivity contribution in [2.24, 2.45) is 17.8 Å². The highest BCUT2D eigenvalue weighted by molar-refractivity contribution is 6.53. The van der Waals surface area contributed by atoms with Gasteiger partial charge >= 0.3 is 0 Å². The maximum atomic E-state index is 13.9. The number of aromatic hydroxyl groups is 1. The Morgan fingerprint density at radius 1 is 0.973 bits per heavy atom. The van der Waals surface area contributed by atoms with Crippen LogP contribution < -0.4 is 0 Å². The molecule has 196 valence electrons. The number of carbonyl (C=O) groups excluding carboxylic acids is 4. The second kappa shape index (κ2) is 8.45. The van der Waals surface area contributed by atoms with E-state index in [1.165, 1.54) is 30.1 Å². The maximum absolute atomic E-state index is 13.9. The average molecular weight is 566 g/mol. The van der Waals surface area contributed by atoms with E-state index in [0.29, 0.717) is 17.0 Å². The van der Waals surface area contributed by atoms with Gasteiger partial charge in [-0.1, -0.05) is 42.5 Å². The van der Waals surface area contributed by atoms with Gasteiger partial charge in [-0.05, 0) is 49.8 Å². The Morgan fingerprint density at radius 3 is 2.38 bits per heavy atom. The predicted octanol–water partition coefficient (Wildman–Crippen LogP) is 4.37. The van der Waals surface area contributed by atoms with Crippen LogP contribution >= 0.6 is 34.8 Å². The minimum Gasteiger partial charge on any atom is -0.508 e. The first-order valence-corrected chi connectivity index (χ1v) is 13.9. The molecule has 1 aromatic carbocycles. The number of alkyl halides is 2. The standard InChI is InChI=1S/C27H27Cl3N2O5/c1-31-24(36)26(29)12-18-15(21(27(26,30)25(31)37)17-11-13(28)7-10-19(17)33)8-9-16-20(18)23(35)32(22(16)34)14-5-3-2-4-6-14/h7-8,10-11,14,16,18,20-21,33H,2-6,9,12H2,1H3. The van der Waals surface area contributed by atoms with Crippen molar-refractivity contribution < 1.29 is 24.3 Å². The van der Waals surface area contributed by atoms with Crippen LogP contribution in [0.3, 0.4) is 0 Å². The molecule has 7 nitrogen and oxygen atoms in total. The SMILES string of the molecule is CN1C(=O)C2(Cl)CC3C(=CCC4C(=O)N(C5CCCCC5)C(=O)C43)C(c3cc(Cl)ccc3O)C2(Cl)C1=O. The van der Waals surface area contributed by atoms with Crippen molar-refractivity contribution in [3.8, 4) is 5.75 Å². The summed E-state index contributed by atoms with van der Waals surface area (Å²) in [7, 11) is 1.34. The number of hydrogen-bond acceptors (Lipinski definition) is 5. The summed E-state index contributed by atoms with van der Waals surface area (Å²) < 4.78 is 0. The van der Waals surface area contributed by atoms with Crippen molar-refractivity contribution in [1.29, 1.82) is 0 Å². The van der Waals surface area contributed by atoms with Crippen molar-refractivity contribution in [3.05, 3.63) is 40.4 Å². The van der Waals surface area contributed by atoms with E-state index in [0.717, 1.165) is 37.0 Å². The highest BCUT2D eigenvalue weighted by atomic mass is 35.5. The van der Waals surface area contributed by atoms with Gasteiger partial charge in [0.25, 0.3) is 11.8 Å². The lowest BCUT2D eigenvalue weighted by atomic mass is 9.56. The Bertz CT molecular complexity index is 1280. The van der Waals surface area contributed by atoms with Crippen molar-refractivity contribution >= 4 is 58.4 Å². The summed E-state index contributed by atoms with van der Waals surface area (Å²) in [6.07, 6.45) is 6.74. The molecule has 6 unspecified atom stereocenters. The Labute approximate surface area is 229 Å². The van der Waals surface area contributed by atoms with Gasteiger partial charge in [0, 0.05) is 29.6 Å². The third-order valence-electron chi connectivity index (χ3n) is 9.29. The normalized spacial score (nSPS) is 38.0. The molecule has 4 amide bonds. The Morgan fingerprint density at radius 2 is 1.68 bits per heavy atom. The number of carbonyl (C=O) groups is 4. The molecule has 0 aromatic heterocycles. The van der Waals surface area contributed by atoms with Gasteiger partial charge in [0.1, 0.15) is 5.75 Å². The molecule has 4 fully saturated rings. The molecular weight excluding hydrogens is 539 g/mol. The van der Waals surface area contributed by atoms with E-state index >= 15 is 0 Å². The number of phenols is 1. The zero-order chi connectivity index (χ0) is 26.4. The molecule has 6 atom stereocenters. The van der Waals surface area contributed by atoms with Crippen molar-refractivity contribution in [1.82, 2.24) is 9.80 Å². The van der Waals surface area contributed by atoms with Crippen LogP contribution in [0.2, 0.25) is 5.02 Å². The zero-order valence-corrected chi connectivity index (χ0v) is 22.5. The third-order valence-corrected chi connectivity index (χ3v) is 10.9. The number of imide groups is 2. The molecule has 37 heavy (non-hydrogen) atoms. The van der Waals surface area contributed by atoms with E-state index in [1.807, 2.05) is 6.08 Å². The van der Waals surface area contributed by atoms with Gasteiger partial charge in [0.05, 0.1) is 11.8 Å². The summed E-state index contributed by atoms with van der Waals surface area (Å²) in [6.45, 7) is 0. The van der Waals surface area contributed by atoms with Crippen molar-refractivity contribution in [2.45, 2.75) is 66.7 Å². The first-order chi connectivity index (χ1) is 17.5. The first-order valence-electron chi connectivity index (χ1n) is 12.8. The summed E-state index contributed by atoms with van der Waals surface area (Å²) in [5.74, 6) is -4.74. The highest BCUT2D eigenvalue weighted by Gasteiger charge is 2.76. The second-order valence-corrected chi connectivity index (χ2v) is 12.7. The topological polar surface area (TPSA) is 95.0 Å². The number of hydrogen-bond donors (Lipinski definition) is 1. The molecule has 2 heterocycles. The first kappa shape index (κ1) is 25.2. The summed E-state index contributed by atoms with van der Waals surface area (Å²) in [5, 5.41) is 11.2. The van der Waals surface area contributed by atoms with Gasteiger partial charge in [0.2, 0.25) is 11.8 Å². The summed E-state index contributed by atoms with van der Waals surface area (Å²) in [6, 6.07) is 4.32. The van der Waals surface area contributed by atoms with E-state index in [2.05, 4.69) is 0 Å². The number of fused-ring (bicyclic) bond motifs is 4. The van der Waals surface area contributed by atoms with E-state index < -0.39 is 45.2 Å². The lowest BCUT2D eigenvalue weighted by Crippen LogP contribution is -2.60. The summed E-state index contributed by atoms with van der Waals surface area (Å²) in [4.78, 5) is 53.1. The molecule has 1 N–H and O–H groups in total. The quantitative estimate of drug-likeness (QED) is 0.327. The fourth-order valence-corrected chi connectivity index (χ4v) is 8.76. The van der Waals surface area contributed by atoms with Crippen LogP contribution in [-0.2, 0) is 19.2 Å². The number of benzene rings is 1. The number of phenolic OH excluding ortho intramolecular Hbond substituents is 1. The number of amides is 4. The Kier molecular flexibility index (Phi) is 5.76. The molecule has 1 aromatic rings. The van der Waals surface area contributed by atoms with Crippen LogP contribution in [0.4, 0.5) is 0 Å². The van der Waals surface area contributed by atoms with Crippen molar-refractivity contribution in [3.63, 3.8) is 0 Å². The smallest absolute Gasteiger partial charge is 0.253 e. The van der Waals surface area contributed by atoms with Gasteiger partial charge in [0.15, 0.2) is 9.75 Å². The lowest BCUT2D eigenvalue weighted by Gasteiger charge is -2.50. The molecule has 10 heteroatoms. The molecule has 2 saturated heterocycles. The molecule has 0 spiro atoms. The monoisotopic (exact) mass is 564 g/mol. The zero-order valence-electron chi connectivity index (χ0n) is 20.3. The van der Waals surface area contributed by atoms with E-state index in [9.17, 15) is 24.3 Å². The molecule has 0 bridgehead atoms. The molecule has 6 rings (SSSR count). The lowest BCUT2D eigenvalue weighted by molar-refractivity contribution is -0.144. The highest BCUT2D eigenvalue weighted by Crippen LogP contribution is 2.66. The second-order valence-electron chi connectivity index (χ2n) is 11.0. The number of likely N-dealkylation sites (tertiary alicyclic amines) is 2. The van der Waals surface area contributed by atoms with Gasteiger partial charge < -0.3 is 5.11 Å². The van der Waals surface area contributed by atoms with E-state index in [-0.39, 0.29) is 35.6 Å². The summed E-state index contributed by atoms with van der Waals surface area (Å²) in [5.41, 5.74) is 0.910. The minimum absolute atomic E-state index is 0.0602. The number of allylic oxidation sites excluding steroid dienone is 2. The molecule has 2 saturated carbocycles. The number of halogens is 3. The molecular formula is C27H27Cl3N2O5. The van der Waals surface area contributed by atoms with Gasteiger partial charge in [-0.15, -0.1) is 23.2 Å². The van der Waals surface area contributed by atoms with Crippen LogP contribution in [0.5, 0.6) is 5.75 Å². The van der Waals surface area contributed by atoms with Gasteiger partial charge in [-0.2, -0.15) is 0 Å². The average Bonchev–Trinajstić information content (AvgIpc) is 3.21. The van der Waals surface area contributed by atoms with Crippen LogP contribution in [0.1, 0.15) is 56.4 Å². The molecule has 5 aliphatic rings. The minimum atomic E-state index is -1.94. The van der Waals surface area contributed by atoms with Crippen LogP contribution in [0.15, 0.2) is 29.8 Å². The van der Waals surface area contributed by atoms with Crippen LogP contribution in [0, 0.1) is 17.8 Å².